The summed E-state index contributed by atoms with van der Waals surface area (Å²) < 4.78 is 0. The Balaban J connectivity index is 1.87. The number of hydrogen-bond acceptors (Lipinski definition) is 4. The number of nitrogen functional groups attached to an aromatic ring is 1. The first-order valence-electron chi connectivity index (χ1n) is 8.06. The Morgan fingerprint density at radius 3 is 2.60 bits per heavy atom. The highest BCUT2D eigenvalue weighted by Crippen LogP contribution is 2.37. The van der Waals surface area contributed by atoms with Crippen molar-refractivity contribution in [1.82, 2.24) is 9.97 Å². The van der Waals surface area contributed by atoms with E-state index in [2.05, 4.69) is 23.7 Å². The van der Waals surface area contributed by atoms with E-state index < -0.39 is 0 Å². The van der Waals surface area contributed by atoms with Crippen LogP contribution in [0.2, 0.25) is 0 Å². The molecule has 1 aliphatic carbocycles. The van der Waals surface area contributed by atoms with Crippen molar-refractivity contribution >= 4 is 11.6 Å². The van der Waals surface area contributed by atoms with Crippen LogP contribution in [0.3, 0.4) is 0 Å². The second kappa shape index (κ2) is 5.58. The lowest BCUT2D eigenvalue weighted by molar-refractivity contribution is 0.429. The zero-order valence-corrected chi connectivity index (χ0v) is 12.7. The van der Waals surface area contributed by atoms with Gasteiger partial charge >= 0.3 is 0 Å². The highest BCUT2D eigenvalue weighted by Gasteiger charge is 2.34. The molecule has 1 aromatic heterocycles. The molecule has 0 amide bonds. The van der Waals surface area contributed by atoms with Crippen LogP contribution in [0.15, 0.2) is 6.07 Å². The fourth-order valence-corrected chi connectivity index (χ4v) is 3.79. The van der Waals surface area contributed by atoms with Crippen LogP contribution in [0.1, 0.15) is 64.1 Å². The van der Waals surface area contributed by atoms with E-state index >= 15 is 0 Å². The molecule has 1 saturated carbocycles. The van der Waals surface area contributed by atoms with E-state index in [0.717, 1.165) is 24.1 Å². The molecule has 4 heteroatoms. The molecule has 3 rings (SSSR count). The van der Waals surface area contributed by atoms with Crippen LogP contribution in [0.5, 0.6) is 0 Å². The van der Waals surface area contributed by atoms with Crippen LogP contribution in [-0.2, 0) is 0 Å². The summed E-state index contributed by atoms with van der Waals surface area (Å²) in [7, 11) is 0. The van der Waals surface area contributed by atoms with Crippen molar-refractivity contribution in [1.29, 1.82) is 0 Å². The molecule has 4 nitrogen and oxygen atoms in total. The zero-order valence-electron chi connectivity index (χ0n) is 12.7. The van der Waals surface area contributed by atoms with Gasteiger partial charge in [-0.15, -0.1) is 0 Å². The Bertz CT molecular complexity index is 466. The van der Waals surface area contributed by atoms with E-state index in [4.69, 9.17) is 10.7 Å². The van der Waals surface area contributed by atoms with Crippen LogP contribution in [0, 0.1) is 5.92 Å². The van der Waals surface area contributed by atoms with Crippen LogP contribution in [0.4, 0.5) is 11.6 Å². The summed E-state index contributed by atoms with van der Waals surface area (Å²) in [6, 6.07) is 2.63. The number of hydrogen-bond donors (Lipinski definition) is 1. The topological polar surface area (TPSA) is 55.0 Å². The molecule has 0 spiro atoms. The lowest BCUT2D eigenvalue weighted by Crippen LogP contribution is -2.35. The summed E-state index contributed by atoms with van der Waals surface area (Å²) in [5.41, 5.74) is 5.99. The van der Waals surface area contributed by atoms with Gasteiger partial charge in [0, 0.05) is 24.6 Å². The van der Waals surface area contributed by atoms with E-state index in [1.807, 2.05) is 6.07 Å². The fraction of sp³-hybridized carbons (Fsp3) is 0.750. The van der Waals surface area contributed by atoms with Gasteiger partial charge < -0.3 is 10.6 Å². The molecule has 1 unspecified atom stereocenters. The Morgan fingerprint density at radius 1 is 1.15 bits per heavy atom. The lowest BCUT2D eigenvalue weighted by Gasteiger charge is -2.30. The molecule has 2 N–H and O–H groups in total. The standard InChI is InChI=1S/C16H26N4/c1-11(2)16-18-14(17)10-15(19-16)20-9-5-8-13(20)12-6-3-4-7-12/h10-13H,3-9H2,1-2H3,(H2,17,18,19). The molecule has 0 radical (unpaired) electrons. The predicted molar refractivity (Wildman–Crippen MR) is 82.9 cm³/mol. The van der Waals surface area contributed by atoms with Crippen molar-refractivity contribution in [2.45, 2.75) is 64.3 Å². The van der Waals surface area contributed by atoms with Gasteiger partial charge in [0.25, 0.3) is 0 Å². The summed E-state index contributed by atoms with van der Waals surface area (Å²) in [6.45, 7) is 5.36. The van der Waals surface area contributed by atoms with E-state index in [0.29, 0.717) is 17.8 Å². The van der Waals surface area contributed by atoms with E-state index in [-0.39, 0.29) is 0 Å². The van der Waals surface area contributed by atoms with Crippen molar-refractivity contribution < 1.29 is 0 Å². The molecule has 1 aliphatic heterocycles. The lowest BCUT2D eigenvalue weighted by atomic mass is 9.96. The first-order chi connectivity index (χ1) is 9.65. The third-order valence-corrected chi connectivity index (χ3v) is 4.80. The maximum Gasteiger partial charge on any atom is 0.135 e. The molecule has 2 aliphatic rings. The first-order valence-corrected chi connectivity index (χ1v) is 8.06. The van der Waals surface area contributed by atoms with Gasteiger partial charge in [0.05, 0.1) is 0 Å². The van der Waals surface area contributed by atoms with E-state index in [9.17, 15) is 0 Å². The van der Waals surface area contributed by atoms with Gasteiger partial charge in [0.15, 0.2) is 0 Å². The van der Waals surface area contributed by atoms with Gasteiger partial charge in [0.2, 0.25) is 0 Å². The maximum atomic E-state index is 5.99. The van der Waals surface area contributed by atoms with Crippen LogP contribution in [-0.4, -0.2) is 22.6 Å². The van der Waals surface area contributed by atoms with Crippen molar-refractivity contribution in [3.05, 3.63) is 11.9 Å². The molecule has 1 saturated heterocycles. The molecular formula is C16H26N4. The van der Waals surface area contributed by atoms with Crippen LogP contribution < -0.4 is 10.6 Å². The number of anilines is 2. The first kappa shape index (κ1) is 13.7. The molecule has 20 heavy (non-hydrogen) atoms. The monoisotopic (exact) mass is 274 g/mol. The minimum absolute atomic E-state index is 0.324. The summed E-state index contributed by atoms with van der Waals surface area (Å²) in [6.07, 6.45) is 8.17. The summed E-state index contributed by atoms with van der Waals surface area (Å²) >= 11 is 0. The molecule has 110 valence electrons. The minimum Gasteiger partial charge on any atom is -0.384 e. The average molecular weight is 274 g/mol. The van der Waals surface area contributed by atoms with Gasteiger partial charge in [0.1, 0.15) is 17.5 Å². The number of aromatic nitrogens is 2. The third kappa shape index (κ3) is 2.60. The van der Waals surface area contributed by atoms with E-state index in [1.165, 1.54) is 38.5 Å². The molecule has 0 aromatic carbocycles. The third-order valence-electron chi connectivity index (χ3n) is 4.80. The SMILES string of the molecule is CC(C)c1nc(N)cc(N2CCCC2C2CCCC2)n1. The summed E-state index contributed by atoms with van der Waals surface area (Å²) in [5.74, 6) is 3.71. The van der Waals surface area contributed by atoms with Gasteiger partial charge in [-0.1, -0.05) is 26.7 Å². The van der Waals surface area contributed by atoms with Gasteiger partial charge in [-0.05, 0) is 31.6 Å². The van der Waals surface area contributed by atoms with Crippen LogP contribution in [0.25, 0.3) is 0 Å². The smallest absolute Gasteiger partial charge is 0.135 e. The average Bonchev–Trinajstić information content (AvgIpc) is 3.08. The predicted octanol–water partition coefficient (Wildman–Crippen LogP) is 3.34. The molecule has 0 bridgehead atoms. The van der Waals surface area contributed by atoms with Gasteiger partial charge in [-0.2, -0.15) is 0 Å². The Kier molecular flexibility index (Phi) is 3.81. The Morgan fingerprint density at radius 2 is 1.90 bits per heavy atom. The number of nitrogens with two attached hydrogens (primary N) is 1. The van der Waals surface area contributed by atoms with Crippen molar-refractivity contribution in [2.24, 2.45) is 5.92 Å². The molecule has 2 fully saturated rings. The Labute approximate surface area is 121 Å². The zero-order chi connectivity index (χ0) is 14.1. The normalized spacial score (nSPS) is 23.9. The quantitative estimate of drug-likeness (QED) is 0.918. The highest BCUT2D eigenvalue weighted by molar-refractivity contribution is 5.49. The highest BCUT2D eigenvalue weighted by atomic mass is 15.2. The van der Waals surface area contributed by atoms with Gasteiger partial charge in [-0.25, -0.2) is 9.97 Å². The molecule has 2 heterocycles. The Hall–Kier alpha value is -1.32. The summed E-state index contributed by atoms with van der Waals surface area (Å²) in [4.78, 5) is 11.6. The van der Waals surface area contributed by atoms with Crippen molar-refractivity contribution in [3.63, 3.8) is 0 Å². The second-order valence-electron chi connectivity index (χ2n) is 6.61. The maximum absolute atomic E-state index is 5.99. The fourth-order valence-electron chi connectivity index (χ4n) is 3.79. The molecule has 1 aromatic rings. The molecular weight excluding hydrogens is 248 g/mol. The summed E-state index contributed by atoms with van der Waals surface area (Å²) in [5, 5.41) is 0. The second-order valence-corrected chi connectivity index (χ2v) is 6.61. The number of nitrogens with zero attached hydrogens (tertiary/aromatic N) is 3. The molecule has 1 atom stereocenters. The van der Waals surface area contributed by atoms with Crippen LogP contribution >= 0.6 is 0 Å². The largest absolute Gasteiger partial charge is 0.384 e. The van der Waals surface area contributed by atoms with E-state index in [1.54, 1.807) is 0 Å². The number of rotatable bonds is 3. The van der Waals surface area contributed by atoms with Gasteiger partial charge in [-0.3, -0.25) is 0 Å². The van der Waals surface area contributed by atoms with Crippen molar-refractivity contribution in [2.75, 3.05) is 17.2 Å². The van der Waals surface area contributed by atoms with Crippen molar-refractivity contribution in [3.8, 4) is 0 Å². The minimum atomic E-state index is 0.324.